The van der Waals surface area contributed by atoms with E-state index in [0.717, 1.165) is 12.2 Å². The van der Waals surface area contributed by atoms with Gasteiger partial charge in [-0.15, -0.1) is 0 Å². The van der Waals surface area contributed by atoms with Crippen molar-refractivity contribution in [1.82, 2.24) is 4.72 Å². The Bertz CT molecular complexity index is 480. The molecule has 0 aliphatic rings. The number of sulfonamides is 1. The lowest BCUT2D eigenvalue weighted by molar-refractivity contribution is 0.322. The molecule has 114 valence electrons. The Hall–Kier alpha value is -1.07. The maximum Gasteiger partial charge on any atom is 0.211 e. The lowest BCUT2D eigenvalue weighted by Crippen LogP contribution is -2.30. The zero-order valence-corrected chi connectivity index (χ0v) is 13.4. The molecular weight excluding hydrogens is 274 g/mol. The van der Waals surface area contributed by atoms with Crippen molar-refractivity contribution in [2.24, 2.45) is 0 Å². The fourth-order valence-electron chi connectivity index (χ4n) is 1.72. The van der Waals surface area contributed by atoms with Crippen LogP contribution in [0.3, 0.4) is 0 Å². The lowest BCUT2D eigenvalue weighted by atomic mass is 10.0. The average Bonchev–Trinajstić information content (AvgIpc) is 2.42. The van der Waals surface area contributed by atoms with Crippen molar-refractivity contribution >= 4 is 10.0 Å². The van der Waals surface area contributed by atoms with Crippen LogP contribution in [0.2, 0.25) is 0 Å². The summed E-state index contributed by atoms with van der Waals surface area (Å²) in [6.07, 6.45) is 1.56. The number of nitrogens with one attached hydrogen (secondary N) is 1. The van der Waals surface area contributed by atoms with Gasteiger partial charge in [0.2, 0.25) is 10.0 Å². The molecule has 20 heavy (non-hydrogen) atoms. The first kappa shape index (κ1) is 17.0. The van der Waals surface area contributed by atoms with Crippen LogP contribution in [0.4, 0.5) is 0 Å². The van der Waals surface area contributed by atoms with Gasteiger partial charge in [-0.05, 0) is 30.0 Å². The van der Waals surface area contributed by atoms with Gasteiger partial charge < -0.3 is 4.74 Å². The molecule has 5 heteroatoms. The molecule has 0 aliphatic carbocycles. The lowest BCUT2D eigenvalue weighted by Gasteiger charge is -2.10. The molecular formula is C15H25NO3S. The van der Waals surface area contributed by atoms with E-state index in [-0.39, 0.29) is 5.75 Å². The number of hydrogen-bond acceptors (Lipinski definition) is 3. The zero-order chi connectivity index (χ0) is 15.0. The summed E-state index contributed by atoms with van der Waals surface area (Å²) in [4.78, 5) is 0. The Balaban J connectivity index is 2.30. The van der Waals surface area contributed by atoms with Crippen LogP contribution in [0.5, 0.6) is 5.75 Å². The van der Waals surface area contributed by atoms with E-state index in [2.05, 4.69) is 18.6 Å². The summed E-state index contributed by atoms with van der Waals surface area (Å²) in [5, 5.41) is 0. The second kappa shape index (κ2) is 8.27. The minimum absolute atomic E-state index is 0.187. The van der Waals surface area contributed by atoms with Crippen LogP contribution in [-0.2, 0) is 10.0 Å². The fraction of sp³-hybridized carbons (Fsp3) is 0.600. The standard InChI is InChI=1S/C15H25NO3S/c1-4-5-12-20(17,18)16-10-11-19-15-8-6-14(7-9-15)13(2)3/h6-9,13,16H,4-5,10-12H2,1-3H3. The minimum atomic E-state index is -3.15. The van der Waals surface area contributed by atoms with Crippen LogP contribution in [0.15, 0.2) is 24.3 Å². The Labute approximate surface area is 122 Å². The van der Waals surface area contributed by atoms with Gasteiger partial charge in [0.05, 0.1) is 5.75 Å². The molecule has 1 aromatic rings. The number of rotatable bonds is 9. The number of unbranched alkanes of at least 4 members (excludes halogenated alkanes) is 1. The van der Waals surface area contributed by atoms with Crippen molar-refractivity contribution in [2.75, 3.05) is 18.9 Å². The van der Waals surface area contributed by atoms with Crippen molar-refractivity contribution in [3.63, 3.8) is 0 Å². The molecule has 0 bridgehead atoms. The third-order valence-electron chi connectivity index (χ3n) is 3.01. The summed E-state index contributed by atoms with van der Waals surface area (Å²) < 4.78 is 31.2. The smallest absolute Gasteiger partial charge is 0.211 e. The number of hydrogen-bond donors (Lipinski definition) is 1. The van der Waals surface area contributed by atoms with Crippen LogP contribution < -0.4 is 9.46 Å². The molecule has 0 aliphatic heterocycles. The van der Waals surface area contributed by atoms with Gasteiger partial charge in [-0.2, -0.15) is 0 Å². The minimum Gasteiger partial charge on any atom is -0.492 e. The van der Waals surface area contributed by atoms with Crippen LogP contribution >= 0.6 is 0 Å². The predicted octanol–water partition coefficient (Wildman–Crippen LogP) is 2.91. The van der Waals surface area contributed by atoms with Gasteiger partial charge in [-0.25, -0.2) is 13.1 Å². The molecule has 0 saturated heterocycles. The van der Waals surface area contributed by atoms with Crippen molar-refractivity contribution in [2.45, 2.75) is 39.5 Å². The molecule has 0 radical (unpaired) electrons. The third kappa shape index (κ3) is 6.39. The SMILES string of the molecule is CCCCS(=O)(=O)NCCOc1ccc(C(C)C)cc1. The molecule has 0 atom stereocenters. The van der Waals surface area contributed by atoms with E-state index >= 15 is 0 Å². The topological polar surface area (TPSA) is 55.4 Å². The van der Waals surface area contributed by atoms with Gasteiger partial charge >= 0.3 is 0 Å². The maximum atomic E-state index is 11.6. The molecule has 4 nitrogen and oxygen atoms in total. The van der Waals surface area contributed by atoms with Gasteiger partial charge in [0.15, 0.2) is 0 Å². The third-order valence-corrected chi connectivity index (χ3v) is 4.48. The Morgan fingerprint density at radius 1 is 1.20 bits per heavy atom. The van der Waals surface area contributed by atoms with E-state index < -0.39 is 10.0 Å². The molecule has 1 rings (SSSR count). The Kier molecular flexibility index (Phi) is 7.02. The molecule has 0 fully saturated rings. The van der Waals surface area contributed by atoms with E-state index in [1.165, 1.54) is 5.56 Å². The molecule has 0 unspecified atom stereocenters. The molecule has 0 amide bonds. The fourth-order valence-corrected chi connectivity index (χ4v) is 2.93. The molecule has 1 aromatic carbocycles. The van der Waals surface area contributed by atoms with Crippen molar-refractivity contribution in [1.29, 1.82) is 0 Å². The average molecular weight is 299 g/mol. The van der Waals surface area contributed by atoms with Crippen LogP contribution in [0.1, 0.15) is 45.1 Å². The van der Waals surface area contributed by atoms with Gasteiger partial charge in [0, 0.05) is 6.54 Å². The first-order valence-electron chi connectivity index (χ1n) is 7.14. The van der Waals surface area contributed by atoms with E-state index in [1.807, 2.05) is 31.2 Å². The summed E-state index contributed by atoms with van der Waals surface area (Å²) in [6, 6.07) is 7.90. The highest BCUT2D eigenvalue weighted by Gasteiger charge is 2.08. The monoisotopic (exact) mass is 299 g/mol. The molecule has 0 saturated carbocycles. The van der Waals surface area contributed by atoms with Gasteiger partial charge in [-0.3, -0.25) is 0 Å². The molecule has 1 N–H and O–H groups in total. The summed E-state index contributed by atoms with van der Waals surface area (Å²) in [5.41, 5.74) is 1.26. The maximum absolute atomic E-state index is 11.6. The van der Waals surface area contributed by atoms with Gasteiger partial charge in [0.1, 0.15) is 12.4 Å². The Morgan fingerprint density at radius 2 is 1.85 bits per heavy atom. The number of benzene rings is 1. The van der Waals surface area contributed by atoms with E-state index in [4.69, 9.17) is 4.74 Å². The van der Waals surface area contributed by atoms with Gasteiger partial charge in [-0.1, -0.05) is 39.3 Å². The highest BCUT2D eigenvalue weighted by molar-refractivity contribution is 7.89. The number of ether oxygens (including phenoxy) is 1. The van der Waals surface area contributed by atoms with Crippen molar-refractivity contribution < 1.29 is 13.2 Å². The van der Waals surface area contributed by atoms with Crippen molar-refractivity contribution in [3.8, 4) is 5.75 Å². The van der Waals surface area contributed by atoms with E-state index in [9.17, 15) is 8.42 Å². The molecule has 0 aromatic heterocycles. The summed E-state index contributed by atoms with van der Waals surface area (Å²) in [5.74, 6) is 1.45. The largest absolute Gasteiger partial charge is 0.492 e. The van der Waals surface area contributed by atoms with Crippen LogP contribution in [0, 0.1) is 0 Å². The predicted molar refractivity (Wildman–Crippen MR) is 82.7 cm³/mol. The molecule has 0 heterocycles. The second-order valence-electron chi connectivity index (χ2n) is 5.14. The van der Waals surface area contributed by atoms with Crippen LogP contribution in [0.25, 0.3) is 0 Å². The Morgan fingerprint density at radius 3 is 2.40 bits per heavy atom. The summed E-state index contributed by atoms with van der Waals surface area (Å²) in [7, 11) is -3.15. The zero-order valence-electron chi connectivity index (χ0n) is 12.6. The molecule has 0 spiro atoms. The summed E-state index contributed by atoms with van der Waals surface area (Å²) in [6.45, 7) is 6.89. The quantitative estimate of drug-likeness (QED) is 0.713. The van der Waals surface area contributed by atoms with E-state index in [1.54, 1.807) is 0 Å². The van der Waals surface area contributed by atoms with Crippen molar-refractivity contribution in [3.05, 3.63) is 29.8 Å². The highest BCUT2D eigenvalue weighted by Crippen LogP contribution is 2.18. The second-order valence-corrected chi connectivity index (χ2v) is 7.07. The highest BCUT2D eigenvalue weighted by atomic mass is 32.2. The first-order valence-corrected chi connectivity index (χ1v) is 8.80. The summed E-state index contributed by atoms with van der Waals surface area (Å²) >= 11 is 0. The van der Waals surface area contributed by atoms with Crippen LogP contribution in [-0.4, -0.2) is 27.3 Å². The van der Waals surface area contributed by atoms with E-state index in [0.29, 0.717) is 25.5 Å². The first-order chi connectivity index (χ1) is 9.44. The normalized spacial score (nSPS) is 11.8. The van der Waals surface area contributed by atoms with Gasteiger partial charge in [0.25, 0.3) is 0 Å².